The number of amidine groups is 1. The van der Waals surface area contributed by atoms with E-state index >= 15 is 0 Å². The van der Waals surface area contributed by atoms with Gasteiger partial charge in [-0.05, 0) is 83.4 Å². The van der Waals surface area contributed by atoms with Gasteiger partial charge in [0, 0.05) is 12.6 Å². The van der Waals surface area contributed by atoms with Crippen LogP contribution in [0.25, 0.3) is 6.08 Å². The second kappa shape index (κ2) is 8.28. The van der Waals surface area contributed by atoms with Crippen molar-refractivity contribution in [2.75, 3.05) is 6.54 Å². The standard InChI is InChI=1S/C20H18BrN3O3S/c1-4-23-19(25)18(11-14-7-8-15(21)17(10-14)24(26)27)28-20(23)22-16-9-12(2)5-6-13(16)3/h5-11H,4H2,1-3H3/b18-11+,22-20?. The summed E-state index contributed by atoms with van der Waals surface area (Å²) in [4.78, 5) is 30.3. The molecule has 3 rings (SSSR count). The van der Waals surface area contributed by atoms with Crippen molar-refractivity contribution < 1.29 is 9.72 Å². The molecular formula is C20H18BrN3O3S. The van der Waals surface area contributed by atoms with Gasteiger partial charge in [0.15, 0.2) is 5.17 Å². The zero-order valence-electron chi connectivity index (χ0n) is 15.6. The summed E-state index contributed by atoms with van der Waals surface area (Å²) in [5.74, 6) is -0.151. The van der Waals surface area contributed by atoms with E-state index in [-0.39, 0.29) is 11.6 Å². The first kappa shape index (κ1) is 20.3. The molecule has 0 aromatic heterocycles. The first-order chi connectivity index (χ1) is 13.3. The van der Waals surface area contributed by atoms with E-state index < -0.39 is 4.92 Å². The van der Waals surface area contributed by atoms with Crippen LogP contribution in [0.1, 0.15) is 23.6 Å². The number of likely N-dealkylation sites (N-methyl/N-ethyl adjacent to an activating group) is 1. The second-order valence-corrected chi connectivity index (χ2v) is 8.18. The fraction of sp³-hybridized carbons (Fsp3) is 0.200. The Morgan fingerprint density at radius 1 is 1.25 bits per heavy atom. The van der Waals surface area contributed by atoms with Crippen LogP contribution >= 0.6 is 27.7 Å². The lowest BCUT2D eigenvalue weighted by Crippen LogP contribution is -2.28. The highest BCUT2D eigenvalue weighted by atomic mass is 79.9. The van der Waals surface area contributed by atoms with Crippen molar-refractivity contribution >= 4 is 56.2 Å². The molecule has 1 aliphatic heterocycles. The number of rotatable bonds is 4. The third kappa shape index (κ3) is 4.18. The maximum absolute atomic E-state index is 12.8. The third-order valence-corrected chi connectivity index (χ3v) is 5.93. The van der Waals surface area contributed by atoms with Crippen molar-refractivity contribution in [3.63, 3.8) is 0 Å². The van der Waals surface area contributed by atoms with E-state index in [0.717, 1.165) is 16.8 Å². The van der Waals surface area contributed by atoms with Gasteiger partial charge in [-0.25, -0.2) is 4.99 Å². The quantitative estimate of drug-likeness (QED) is 0.338. The molecule has 1 amide bonds. The largest absolute Gasteiger partial charge is 0.287 e. The van der Waals surface area contributed by atoms with Crippen molar-refractivity contribution in [1.29, 1.82) is 0 Å². The molecule has 8 heteroatoms. The van der Waals surface area contributed by atoms with Crippen molar-refractivity contribution in [2.24, 2.45) is 4.99 Å². The molecule has 0 N–H and O–H groups in total. The molecule has 144 valence electrons. The van der Waals surface area contributed by atoms with Crippen LogP contribution in [0.3, 0.4) is 0 Å². The Morgan fingerprint density at radius 3 is 2.68 bits per heavy atom. The van der Waals surface area contributed by atoms with Crippen LogP contribution in [-0.4, -0.2) is 27.4 Å². The zero-order valence-corrected chi connectivity index (χ0v) is 18.0. The van der Waals surface area contributed by atoms with E-state index in [1.54, 1.807) is 23.1 Å². The van der Waals surface area contributed by atoms with Gasteiger partial charge in [0.25, 0.3) is 11.6 Å². The summed E-state index contributed by atoms with van der Waals surface area (Å²) in [5.41, 5.74) is 3.51. The molecule has 2 aromatic carbocycles. The van der Waals surface area contributed by atoms with Crippen LogP contribution in [0.2, 0.25) is 0 Å². The number of aliphatic imine (C=N–C) groups is 1. The number of nitrogens with zero attached hydrogens (tertiary/aromatic N) is 3. The van der Waals surface area contributed by atoms with E-state index in [2.05, 4.69) is 15.9 Å². The second-order valence-electron chi connectivity index (χ2n) is 6.31. The van der Waals surface area contributed by atoms with Gasteiger partial charge < -0.3 is 0 Å². The molecule has 28 heavy (non-hydrogen) atoms. The predicted molar refractivity (Wildman–Crippen MR) is 117 cm³/mol. The van der Waals surface area contributed by atoms with Crippen LogP contribution in [0.5, 0.6) is 0 Å². The van der Waals surface area contributed by atoms with Crippen LogP contribution in [0.15, 0.2) is 50.8 Å². The fourth-order valence-electron chi connectivity index (χ4n) is 2.72. The van der Waals surface area contributed by atoms with Gasteiger partial charge in [-0.15, -0.1) is 0 Å². The van der Waals surface area contributed by atoms with E-state index in [4.69, 9.17) is 4.99 Å². The number of nitro benzene ring substituents is 1. The number of aryl methyl sites for hydroxylation is 2. The van der Waals surface area contributed by atoms with Gasteiger partial charge in [0.2, 0.25) is 0 Å². The normalized spacial score (nSPS) is 17.0. The van der Waals surface area contributed by atoms with Crippen LogP contribution in [0.4, 0.5) is 11.4 Å². The Labute approximate surface area is 175 Å². The lowest BCUT2D eigenvalue weighted by Gasteiger charge is -2.12. The highest BCUT2D eigenvalue weighted by Crippen LogP contribution is 2.35. The van der Waals surface area contributed by atoms with Crippen molar-refractivity contribution in [3.8, 4) is 0 Å². The third-order valence-electron chi connectivity index (χ3n) is 4.25. The van der Waals surface area contributed by atoms with Gasteiger partial charge in [0.05, 0.1) is 20.0 Å². The lowest BCUT2D eigenvalue weighted by atomic mass is 10.1. The molecule has 0 aliphatic carbocycles. The monoisotopic (exact) mass is 459 g/mol. The number of hydrogen-bond acceptors (Lipinski definition) is 5. The Kier molecular flexibility index (Phi) is 6.00. The number of halogens is 1. The average molecular weight is 460 g/mol. The molecule has 0 saturated carbocycles. The number of hydrogen-bond donors (Lipinski definition) is 0. The average Bonchev–Trinajstić information content (AvgIpc) is 2.94. The van der Waals surface area contributed by atoms with Gasteiger partial charge in [0.1, 0.15) is 0 Å². The van der Waals surface area contributed by atoms with Gasteiger partial charge >= 0.3 is 0 Å². The SMILES string of the molecule is CCN1C(=O)/C(=C\c2ccc(Br)c([N+](=O)[O-])c2)SC1=Nc1cc(C)ccc1C. The number of benzene rings is 2. The molecule has 0 unspecified atom stereocenters. The Morgan fingerprint density at radius 2 is 2.00 bits per heavy atom. The summed E-state index contributed by atoms with van der Waals surface area (Å²) >= 11 is 4.45. The van der Waals surface area contributed by atoms with Crippen LogP contribution < -0.4 is 0 Å². The fourth-order valence-corrected chi connectivity index (χ4v) is 4.17. The summed E-state index contributed by atoms with van der Waals surface area (Å²) in [6.45, 7) is 6.37. The van der Waals surface area contributed by atoms with Crippen molar-refractivity contribution in [2.45, 2.75) is 20.8 Å². The Balaban J connectivity index is 1.99. The smallest absolute Gasteiger partial charge is 0.284 e. The van der Waals surface area contributed by atoms with Gasteiger partial charge in [-0.3, -0.25) is 19.8 Å². The molecule has 2 aromatic rings. The maximum atomic E-state index is 12.8. The predicted octanol–water partition coefficient (Wildman–Crippen LogP) is 5.60. The van der Waals surface area contributed by atoms with Gasteiger partial charge in [-0.2, -0.15) is 0 Å². The minimum atomic E-state index is -0.457. The minimum Gasteiger partial charge on any atom is -0.287 e. The molecule has 0 spiro atoms. The molecule has 0 radical (unpaired) electrons. The zero-order chi connectivity index (χ0) is 20.4. The summed E-state index contributed by atoms with van der Waals surface area (Å²) in [7, 11) is 0. The molecule has 1 heterocycles. The van der Waals surface area contributed by atoms with E-state index in [1.165, 1.54) is 17.8 Å². The van der Waals surface area contributed by atoms with E-state index in [0.29, 0.717) is 26.7 Å². The van der Waals surface area contributed by atoms with Crippen LogP contribution in [0, 0.1) is 24.0 Å². The highest BCUT2D eigenvalue weighted by molar-refractivity contribution is 9.10. The first-order valence-electron chi connectivity index (χ1n) is 8.61. The number of nitro groups is 1. The minimum absolute atomic E-state index is 0.0404. The first-order valence-corrected chi connectivity index (χ1v) is 10.2. The van der Waals surface area contributed by atoms with Crippen molar-refractivity contribution in [1.82, 2.24) is 4.90 Å². The summed E-state index contributed by atoms with van der Waals surface area (Å²) < 4.78 is 0.400. The molecule has 1 aliphatic rings. The molecule has 0 atom stereocenters. The highest BCUT2D eigenvalue weighted by Gasteiger charge is 2.32. The summed E-state index contributed by atoms with van der Waals surface area (Å²) in [6, 6.07) is 10.8. The Hall–Kier alpha value is -2.45. The molecule has 1 fully saturated rings. The number of amides is 1. The topological polar surface area (TPSA) is 75.8 Å². The number of carbonyl (C=O) groups excluding carboxylic acids is 1. The van der Waals surface area contributed by atoms with Crippen molar-refractivity contribution in [3.05, 3.63) is 72.6 Å². The molecule has 0 bridgehead atoms. The lowest BCUT2D eigenvalue weighted by molar-refractivity contribution is -0.385. The van der Waals surface area contributed by atoms with E-state index in [1.807, 2.05) is 39.0 Å². The molecule has 6 nitrogen and oxygen atoms in total. The van der Waals surface area contributed by atoms with Crippen LogP contribution in [-0.2, 0) is 4.79 Å². The number of thioether (sulfide) groups is 1. The summed E-state index contributed by atoms with van der Waals surface area (Å²) in [6.07, 6.45) is 1.67. The molecular weight excluding hydrogens is 442 g/mol. The van der Waals surface area contributed by atoms with Gasteiger partial charge in [-0.1, -0.05) is 18.2 Å². The summed E-state index contributed by atoms with van der Waals surface area (Å²) in [5, 5.41) is 11.8. The maximum Gasteiger partial charge on any atom is 0.284 e. The Bertz CT molecular complexity index is 1030. The molecule has 1 saturated heterocycles. The number of carbonyl (C=O) groups is 1. The van der Waals surface area contributed by atoms with E-state index in [9.17, 15) is 14.9 Å².